The zero-order chi connectivity index (χ0) is 8.85. The number of carbonyl (C=O) groups is 2. The highest BCUT2D eigenvalue weighted by Crippen LogP contribution is 1.89. The molecule has 0 aromatic rings. The van der Waals surface area contributed by atoms with E-state index < -0.39 is 12.0 Å². The number of carboxylic acids is 1. The van der Waals surface area contributed by atoms with Gasteiger partial charge in [0, 0.05) is 6.92 Å². The van der Waals surface area contributed by atoms with Gasteiger partial charge in [0.25, 0.3) is 0 Å². The second-order valence-corrected chi connectivity index (χ2v) is 2.02. The molecule has 0 unspecified atom stereocenters. The van der Waals surface area contributed by atoms with Crippen molar-refractivity contribution in [3.05, 3.63) is 0 Å². The summed E-state index contributed by atoms with van der Waals surface area (Å²) in [6.07, 6.45) is 4.70. The monoisotopic (exact) mass is 155 g/mol. The fourth-order valence-electron chi connectivity index (χ4n) is 0.572. The van der Waals surface area contributed by atoms with Gasteiger partial charge in [0.05, 0.1) is 6.42 Å². The highest BCUT2D eigenvalue weighted by atomic mass is 16.4. The lowest BCUT2D eigenvalue weighted by molar-refractivity contribution is -0.137. The summed E-state index contributed by atoms with van der Waals surface area (Å²) < 4.78 is 0. The summed E-state index contributed by atoms with van der Waals surface area (Å²) in [5.74, 6) is 0.801. The average Bonchev–Trinajstić information content (AvgIpc) is 1.84. The number of carboxylic acid groups (broad SMARTS) is 1. The van der Waals surface area contributed by atoms with Crippen molar-refractivity contribution < 1.29 is 14.7 Å². The van der Waals surface area contributed by atoms with Gasteiger partial charge in [0.15, 0.2) is 0 Å². The summed E-state index contributed by atoms with van der Waals surface area (Å²) >= 11 is 0. The molecule has 11 heavy (non-hydrogen) atoms. The van der Waals surface area contributed by atoms with Crippen molar-refractivity contribution in [1.82, 2.24) is 5.32 Å². The van der Waals surface area contributed by atoms with E-state index in [0.29, 0.717) is 0 Å². The number of amides is 1. The maximum absolute atomic E-state index is 10.4. The van der Waals surface area contributed by atoms with E-state index >= 15 is 0 Å². The molecule has 0 saturated heterocycles. The minimum atomic E-state index is -1.03. The normalized spacial score (nSPS) is 11.3. The molecule has 0 heterocycles. The molecule has 4 nitrogen and oxygen atoms in total. The maximum atomic E-state index is 10.4. The van der Waals surface area contributed by atoms with Gasteiger partial charge in [0.2, 0.25) is 5.91 Å². The third-order valence-corrected chi connectivity index (χ3v) is 0.957. The minimum Gasteiger partial charge on any atom is -0.481 e. The Morgan fingerprint density at radius 2 is 2.27 bits per heavy atom. The number of hydrogen-bond donors (Lipinski definition) is 2. The maximum Gasteiger partial charge on any atom is 0.306 e. The van der Waals surface area contributed by atoms with Gasteiger partial charge in [-0.25, -0.2) is 0 Å². The van der Waals surface area contributed by atoms with Crippen LogP contribution in [0, 0.1) is 12.3 Å². The fraction of sp³-hybridized carbons (Fsp3) is 0.429. The highest BCUT2D eigenvalue weighted by molar-refractivity contribution is 5.75. The second kappa shape index (κ2) is 4.34. The van der Waals surface area contributed by atoms with Crippen LogP contribution in [0.5, 0.6) is 0 Å². The van der Waals surface area contributed by atoms with Crippen LogP contribution in [0.1, 0.15) is 13.3 Å². The predicted molar refractivity (Wildman–Crippen MR) is 38.7 cm³/mol. The Labute approximate surface area is 64.6 Å². The van der Waals surface area contributed by atoms with E-state index in [1.54, 1.807) is 0 Å². The lowest BCUT2D eigenvalue weighted by atomic mass is 10.2. The molecule has 1 atom stereocenters. The van der Waals surface area contributed by atoms with Crippen LogP contribution in [-0.4, -0.2) is 23.0 Å². The molecule has 0 rings (SSSR count). The van der Waals surface area contributed by atoms with Crippen LogP contribution in [0.25, 0.3) is 0 Å². The van der Waals surface area contributed by atoms with Gasteiger partial charge in [-0.15, -0.1) is 6.42 Å². The van der Waals surface area contributed by atoms with Gasteiger partial charge >= 0.3 is 5.97 Å². The Bertz CT molecular complexity index is 188. The number of rotatable bonds is 3. The zero-order valence-corrected chi connectivity index (χ0v) is 6.13. The van der Waals surface area contributed by atoms with Crippen LogP contribution >= 0.6 is 0 Å². The number of carbonyl (C=O) groups excluding carboxylic acids is 1. The molecule has 0 aromatic carbocycles. The number of hydrogen-bond acceptors (Lipinski definition) is 2. The molecule has 0 bridgehead atoms. The van der Waals surface area contributed by atoms with Gasteiger partial charge in [-0.1, -0.05) is 5.92 Å². The smallest absolute Gasteiger partial charge is 0.306 e. The van der Waals surface area contributed by atoms with E-state index in [0.717, 1.165) is 0 Å². The second-order valence-electron chi connectivity index (χ2n) is 2.02. The highest BCUT2D eigenvalue weighted by Gasteiger charge is 2.09. The summed E-state index contributed by atoms with van der Waals surface area (Å²) in [6.45, 7) is 1.28. The molecule has 0 saturated carbocycles. The Morgan fingerprint density at radius 1 is 1.73 bits per heavy atom. The van der Waals surface area contributed by atoms with Crippen LogP contribution in [-0.2, 0) is 9.59 Å². The molecule has 60 valence electrons. The van der Waals surface area contributed by atoms with E-state index in [4.69, 9.17) is 11.5 Å². The van der Waals surface area contributed by atoms with Crippen molar-refractivity contribution in [1.29, 1.82) is 0 Å². The Balaban J connectivity index is 3.89. The van der Waals surface area contributed by atoms with Crippen molar-refractivity contribution in [3.8, 4) is 12.3 Å². The first-order valence-electron chi connectivity index (χ1n) is 3.01. The first kappa shape index (κ1) is 9.50. The summed E-state index contributed by atoms with van der Waals surface area (Å²) in [6, 6.07) is -0.704. The molecule has 0 aliphatic heterocycles. The van der Waals surface area contributed by atoms with Crippen molar-refractivity contribution in [2.24, 2.45) is 0 Å². The number of aliphatic carboxylic acids is 1. The Morgan fingerprint density at radius 3 is 2.55 bits per heavy atom. The molecule has 0 aliphatic carbocycles. The van der Waals surface area contributed by atoms with Gasteiger partial charge < -0.3 is 10.4 Å². The van der Waals surface area contributed by atoms with Crippen molar-refractivity contribution in [2.45, 2.75) is 19.4 Å². The third-order valence-electron chi connectivity index (χ3n) is 0.957. The van der Waals surface area contributed by atoms with Gasteiger partial charge in [-0.05, 0) is 0 Å². The summed E-state index contributed by atoms with van der Waals surface area (Å²) in [5.41, 5.74) is 0. The molecule has 0 aliphatic rings. The van der Waals surface area contributed by atoms with E-state index in [-0.39, 0.29) is 12.3 Å². The standard InChI is InChI=1S/C7H9NO3/c1-3-6(4-7(10)11)8-5(2)9/h1,6H,4H2,2H3,(H,8,9)(H,10,11)/t6-/m1/s1. The minimum absolute atomic E-state index is 0.240. The van der Waals surface area contributed by atoms with Crippen LogP contribution in [0.2, 0.25) is 0 Å². The summed E-state index contributed by atoms with van der Waals surface area (Å²) in [7, 11) is 0. The SMILES string of the molecule is C#C[C@H](CC(=O)O)NC(C)=O. The predicted octanol–water partition coefficient (Wildman–Crippen LogP) is -0.401. The van der Waals surface area contributed by atoms with Crippen LogP contribution in [0.4, 0.5) is 0 Å². The van der Waals surface area contributed by atoms with Gasteiger partial charge in [-0.2, -0.15) is 0 Å². The van der Waals surface area contributed by atoms with E-state index in [1.807, 2.05) is 0 Å². The molecule has 0 fully saturated rings. The third kappa shape index (κ3) is 4.97. The van der Waals surface area contributed by atoms with Crippen molar-refractivity contribution in [3.63, 3.8) is 0 Å². The molecule has 0 radical (unpaired) electrons. The molecule has 2 N–H and O–H groups in total. The molecular weight excluding hydrogens is 146 g/mol. The molecule has 0 spiro atoms. The van der Waals surface area contributed by atoms with E-state index in [9.17, 15) is 9.59 Å². The summed E-state index contributed by atoms with van der Waals surface area (Å²) in [4.78, 5) is 20.5. The first-order chi connectivity index (χ1) is 5.06. The quantitative estimate of drug-likeness (QED) is 0.545. The molecule has 4 heteroatoms. The first-order valence-corrected chi connectivity index (χ1v) is 3.01. The van der Waals surface area contributed by atoms with Crippen LogP contribution in [0.15, 0.2) is 0 Å². The topological polar surface area (TPSA) is 66.4 Å². The largest absolute Gasteiger partial charge is 0.481 e. The number of nitrogens with one attached hydrogen (secondary N) is 1. The Kier molecular flexibility index (Phi) is 3.75. The molecular formula is C7H9NO3. The zero-order valence-electron chi connectivity index (χ0n) is 6.13. The van der Waals surface area contributed by atoms with Crippen molar-refractivity contribution >= 4 is 11.9 Å². The summed E-state index contributed by atoms with van der Waals surface area (Å²) in [5, 5.41) is 10.6. The van der Waals surface area contributed by atoms with E-state index in [2.05, 4.69) is 11.2 Å². The van der Waals surface area contributed by atoms with Gasteiger partial charge in [0.1, 0.15) is 6.04 Å². The lowest BCUT2D eigenvalue weighted by Gasteiger charge is -2.07. The average molecular weight is 155 g/mol. The number of terminal acetylenes is 1. The fourth-order valence-corrected chi connectivity index (χ4v) is 0.572. The molecule has 0 aromatic heterocycles. The molecule has 1 amide bonds. The van der Waals surface area contributed by atoms with E-state index in [1.165, 1.54) is 6.92 Å². The van der Waals surface area contributed by atoms with Gasteiger partial charge in [-0.3, -0.25) is 9.59 Å². The van der Waals surface area contributed by atoms with Crippen LogP contribution in [0.3, 0.4) is 0 Å². The van der Waals surface area contributed by atoms with Crippen LogP contribution < -0.4 is 5.32 Å². The lowest BCUT2D eigenvalue weighted by Crippen LogP contribution is -2.33. The van der Waals surface area contributed by atoms with Crippen molar-refractivity contribution in [2.75, 3.05) is 0 Å². The Hall–Kier alpha value is -1.50.